The van der Waals surface area contributed by atoms with Crippen molar-refractivity contribution in [2.75, 3.05) is 0 Å². The second-order valence-corrected chi connectivity index (χ2v) is 8.42. The molecular weight excluding hydrogens is 354 g/mol. The van der Waals surface area contributed by atoms with Crippen molar-refractivity contribution in [2.24, 2.45) is 0 Å². The van der Waals surface area contributed by atoms with Crippen molar-refractivity contribution in [1.29, 1.82) is 5.26 Å². The monoisotopic (exact) mass is 379 g/mol. The molecule has 0 saturated carbocycles. The van der Waals surface area contributed by atoms with Gasteiger partial charge in [-0.05, 0) is 90.1 Å². The first-order chi connectivity index (χ1) is 14.2. The molecule has 1 heterocycles. The second-order valence-electron chi connectivity index (χ2n) is 8.42. The molecule has 0 radical (unpaired) electrons. The third-order valence-electron chi connectivity index (χ3n) is 6.73. The van der Waals surface area contributed by atoms with E-state index in [9.17, 15) is 5.26 Å². The topological polar surface area (TPSA) is 33.0 Å². The minimum atomic E-state index is -0.0150. The molecule has 3 aromatic rings. The van der Waals surface area contributed by atoms with Gasteiger partial charge in [0.05, 0.1) is 23.8 Å². The maximum Gasteiger partial charge on any atom is 0.0991 e. The number of nitriles is 1. The summed E-state index contributed by atoms with van der Waals surface area (Å²) in [5, 5.41) is 9.20. The Morgan fingerprint density at radius 1 is 0.690 bits per heavy atom. The molecule has 0 fully saturated rings. The summed E-state index contributed by atoms with van der Waals surface area (Å²) in [7, 11) is 0. The van der Waals surface area contributed by atoms with Crippen molar-refractivity contribution in [2.45, 2.75) is 50.7 Å². The van der Waals surface area contributed by atoms with Crippen molar-refractivity contribution in [1.82, 2.24) is 0 Å². The average molecular weight is 380 g/mol. The quantitative estimate of drug-likeness (QED) is 0.519. The van der Waals surface area contributed by atoms with Crippen LogP contribution < -0.4 is 0 Å². The molecule has 0 N–H and O–H groups in total. The van der Waals surface area contributed by atoms with Gasteiger partial charge in [-0.1, -0.05) is 48.5 Å². The fourth-order valence-electron chi connectivity index (χ4n) is 4.91. The molecule has 1 aliphatic carbocycles. The predicted octanol–water partition coefficient (Wildman–Crippen LogP) is 6.01. The van der Waals surface area contributed by atoms with E-state index in [0.717, 1.165) is 49.7 Å². The van der Waals surface area contributed by atoms with E-state index in [2.05, 4.69) is 54.6 Å². The molecule has 0 unspecified atom stereocenters. The normalized spacial score (nSPS) is 17.5. The number of hydrogen-bond donors (Lipinski definition) is 0. The molecule has 2 aliphatic rings. The maximum absolute atomic E-state index is 9.20. The first-order valence-electron chi connectivity index (χ1n) is 10.6. The van der Waals surface area contributed by atoms with Gasteiger partial charge in [-0.25, -0.2) is 0 Å². The van der Waals surface area contributed by atoms with Crippen LogP contribution in [-0.4, -0.2) is 5.60 Å². The molecule has 1 spiro atoms. The minimum absolute atomic E-state index is 0.0150. The summed E-state index contributed by atoms with van der Waals surface area (Å²) in [5.41, 5.74) is 8.63. The van der Waals surface area contributed by atoms with Crippen LogP contribution >= 0.6 is 0 Å². The number of ether oxygens (including phenoxy) is 1. The first kappa shape index (κ1) is 18.2. The number of aryl methyl sites for hydroxylation is 3. The van der Waals surface area contributed by atoms with Crippen LogP contribution in [0, 0.1) is 11.3 Å². The summed E-state index contributed by atoms with van der Waals surface area (Å²) >= 11 is 0. The third-order valence-corrected chi connectivity index (χ3v) is 6.73. The van der Waals surface area contributed by atoms with Crippen LogP contribution in [0.4, 0.5) is 0 Å². The highest BCUT2D eigenvalue weighted by Crippen LogP contribution is 2.38. The van der Waals surface area contributed by atoms with E-state index in [-0.39, 0.29) is 5.60 Å². The number of hydrogen-bond acceptors (Lipinski definition) is 2. The van der Waals surface area contributed by atoms with Crippen LogP contribution in [0.5, 0.6) is 0 Å². The Labute approximate surface area is 172 Å². The summed E-state index contributed by atoms with van der Waals surface area (Å²) in [5.74, 6) is 0. The zero-order valence-corrected chi connectivity index (χ0v) is 16.7. The van der Waals surface area contributed by atoms with E-state index in [1.54, 1.807) is 0 Å². The Hall–Kier alpha value is -2.89. The van der Waals surface area contributed by atoms with Crippen LogP contribution in [0.3, 0.4) is 0 Å². The molecule has 0 aromatic heterocycles. The molecule has 0 saturated heterocycles. The number of fused-ring (bicyclic) bond motifs is 2. The van der Waals surface area contributed by atoms with Gasteiger partial charge in [0, 0.05) is 0 Å². The van der Waals surface area contributed by atoms with Crippen LogP contribution in [0.2, 0.25) is 0 Å². The van der Waals surface area contributed by atoms with E-state index in [4.69, 9.17) is 4.74 Å². The lowest BCUT2D eigenvalue weighted by Gasteiger charge is -2.31. The maximum atomic E-state index is 9.20. The van der Waals surface area contributed by atoms with Gasteiger partial charge in [0.1, 0.15) is 0 Å². The zero-order chi connectivity index (χ0) is 19.7. The highest BCUT2D eigenvalue weighted by molar-refractivity contribution is 5.66. The number of nitrogens with zero attached hydrogens (tertiary/aromatic N) is 1. The largest absolute Gasteiger partial charge is 0.370 e. The third kappa shape index (κ3) is 3.59. The van der Waals surface area contributed by atoms with Crippen molar-refractivity contribution < 1.29 is 4.74 Å². The predicted molar refractivity (Wildman–Crippen MR) is 116 cm³/mol. The zero-order valence-electron chi connectivity index (χ0n) is 16.7. The summed E-state index contributed by atoms with van der Waals surface area (Å²) in [6.07, 6.45) is 6.60. The molecular formula is C27H25NO. The SMILES string of the molecule is N#Cc1cccc(-c2ccc3c(c2)COC2(CCc4ccccc4CC2)CC3)c1. The Kier molecular flexibility index (Phi) is 4.70. The summed E-state index contributed by atoms with van der Waals surface area (Å²) in [6, 6.07) is 25.7. The Balaban J connectivity index is 1.39. The van der Waals surface area contributed by atoms with Gasteiger partial charge < -0.3 is 4.74 Å². The molecule has 3 aromatic carbocycles. The number of rotatable bonds is 1. The highest BCUT2D eigenvalue weighted by Gasteiger charge is 2.35. The summed E-state index contributed by atoms with van der Waals surface area (Å²) in [6.45, 7) is 0.678. The van der Waals surface area contributed by atoms with Crippen LogP contribution in [-0.2, 0) is 30.6 Å². The Morgan fingerprint density at radius 2 is 1.34 bits per heavy atom. The van der Waals surface area contributed by atoms with E-state index >= 15 is 0 Å². The number of benzene rings is 3. The van der Waals surface area contributed by atoms with Crippen LogP contribution in [0.25, 0.3) is 11.1 Å². The standard InChI is InChI=1S/C27H25NO/c28-18-20-4-3-7-24(16-20)25-9-8-23-12-15-27(29-19-26(23)17-25)13-10-21-5-1-2-6-22(21)11-14-27/h1-9,16-17H,10-15,19H2. The van der Waals surface area contributed by atoms with Gasteiger partial charge in [-0.3, -0.25) is 0 Å². The fourth-order valence-corrected chi connectivity index (χ4v) is 4.91. The van der Waals surface area contributed by atoms with Crippen molar-refractivity contribution in [3.63, 3.8) is 0 Å². The smallest absolute Gasteiger partial charge is 0.0991 e. The van der Waals surface area contributed by atoms with E-state index < -0.39 is 0 Å². The van der Waals surface area contributed by atoms with E-state index in [1.165, 1.54) is 22.3 Å². The van der Waals surface area contributed by atoms with Gasteiger partial charge in [0.25, 0.3) is 0 Å². The first-order valence-corrected chi connectivity index (χ1v) is 10.6. The average Bonchev–Trinajstić information content (AvgIpc) is 3.08. The van der Waals surface area contributed by atoms with Gasteiger partial charge in [0.2, 0.25) is 0 Å². The van der Waals surface area contributed by atoms with Crippen LogP contribution in [0.15, 0.2) is 66.7 Å². The molecule has 2 heteroatoms. The summed E-state index contributed by atoms with van der Waals surface area (Å²) < 4.78 is 6.65. The molecule has 1 aliphatic heterocycles. The van der Waals surface area contributed by atoms with Gasteiger partial charge >= 0.3 is 0 Å². The molecule has 0 amide bonds. The summed E-state index contributed by atoms with van der Waals surface area (Å²) in [4.78, 5) is 0. The van der Waals surface area contributed by atoms with E-state index in [0.29, 0.717) is 12.2 Å². The lowest BCUT2D eigenvalue weighted by atomic mass is 9.87. The van der Waals surface area contributed by atoms with Gasteiger partial charge in [0.15, 0.2) is 0 Å². The van der Waals surface area contributed by atoms with Gasteiger partial charge in [-0.2, -0.15) is 5.26 Å². The van der Waals surface area contributed by atoms with Crippen molar-refractivity contribution in [3.8, 4) is 17.2 Å². The lowest BCUT2D eigenvalue weighted by molar-refractivity contribution is -0.0675. The molecule has 0 bridgehead atoms. The van der Waals surface area contributed by atoms with Crippen molar-refractivity contribution in [3.05, 3.63) is 94.5 Å². The van der Waals surface area contributed by atoms with Gasteiger partial charge in [-0.15, -0.1) is 0 Å². The fraction of sp³-hybridized carbons (Fsp3) is 0.296. The van der Waals surface area contributed by atoms with Crippen molar-refractivity contribution >= 4 is 0 Å². The molecule has 29 heavy (non-hydrogen) atoms. The lowest BCUT2D eigenvalue weighted by Crippen LogP contribution is -2.32. The van der Waals surface area contributed by atoms with Crippen LogP contribution in [0.1, 0.15) is 47.1 Å². The molecule has 2 nitrogen and oxygen atoms in total. The second kappa shape index (κ2) is 7.50. The Morgan fingerprint density at radius 3 is 2.03 bits per heavy atom. The molecule has 5 rings (SSSR count). The Bertz CT molecular complexity index is 1060. The minimum Gasteiger partial charge on any atom is -0.370 e. The van der Waals surface area contributed by atoms with E-state index in [1.807, 2.05) is 18.2 Å². The highest BCUT2D eigenvalue weighted by atomic mass is 16.5. The molecule has 0 atom stereocenters. The molecule has 144 valence electrons.